The van der Waals surface area contributed by atoms with Crippen LogP contribution in [0.15, 0.2) is 59.5 Å². The maximum Gasteiger partial charge on any atom is 0.0232 e. The quantitative estimate of drug-likeness (QED) is 0.429. The maximum atomic E-state index is 2.29. The van der Waals surface area contributed by atoms with Crippen LogP contribution in [-0.4, -0.2) is 5.25 Å². The summed E-state index contributed by atoms with van der Waals surface area (Å²) in [7, 11) is 0. The fraction of sp³-hybridized carbons (Fsp3) is 0.176. The van der Waals surface area contributed by atoms with E-state index < -0.39 is 0 Å². The molecule has 0 aliphatic rings. The van der Waals surface area contributed by atoms with Crippen LogP contribution in [0.2, 0.25) is 0 Å². The Labute approximate surface area is 112 Å². The summed E-state index contributed by atoms with van der Waals surface area (Å²) in [5, 5.41) is 6.00. The highest BCUT2D eigenvalue weighted by atomic mass is 32.2. The Morgan fingerprint density at radius 3 is 1.78 bits per heavy atom. The molecule has 0 aliphatic heterocycles. The van der Waals surface area contributed by atoms with Gasteiger partial charge in [0.25, 0.3) is 0 Å². The summed E-state index contributed by atoms with van der Waals surface area (Å²) in [5.74, 6) is 0. The Kier molecular flexibility index (Phi) is 3.00. The summed E-state index contributed by atoms with van der Waals surface area (Å²) in [4.78, 5) is 1.42. The van der Waals surface area contributed by atoms with E-state index >= 15 is 0 Å². The van der Waals surface area contributed by atoms with Gasteiger partial charge in [0.1, 0.15) is 0 Å². The lowest BCUT2D eigenvalue weighted by Crippen LogP contribution is -1.89. The van der Waals surface area contributed by atoms with Crippen molar-refractivity contribution in [3.63, 3.8) is 0 Å². The van der Waals surface area contributed by atoms with Crippen LogP contribution in [-0.2, 0) is 0 Å². The molecule has 0 aromatic heterocycles. The molecule has 0 heterocycles. The van der Waals surface area contributed by atoms with Gasteiger partial charge in [-0.15, -0.1) is 11.8 Å². The number of hydrogen-bond donors (Lipinski definition) is 0. The summed E-state index contributed by atoms with van der Waals surface area (Å²) in [6, 6.07) is 19.6. The third kappa shape index (κ3) is 1.99. The predicted molar refractivity (Wildman–Crippen MR) is 82.4 cm³/mol. The lowest BCUT2D eigenvalue weighted by molar-refractivity contribution is 1.11. The smallest absolute Gasteiger partial charge is 0.0232 e. The standard InChI is InChI=1S/C17H16S/c1-12(2)18-17-15-9-5-3-7-13(15)11-14-8-4-6-10-16(14)17/h3-12H,1-2H3. The first-order valence-corrected chi connectivity index (χ1v) is 7.21. The first-order chi connectivity index (χ1) is 8.75. The minimum absolute atomic E-state index is 0.596. The fourth-order valence-corrected chi connectivity index (χ4v) is 3.43. The Hall–Kier alpha value is -1.47. The van der Waals surface area contributed by atoms with E-state index in [1.807, 2.05) is 11.8 Å². The summed E-state index contributed by atoms with van der Waals surface area (Å²) in [5.41, 5.74) is 0. The van der Waals surface area contributed by atoms with Crippen molar-refractivity contribution in [2.24, 2.45) is 0 Å². The molecule has 0 amide bonds. The molecule has 0 N–H and O–H groups in total. The molecule has 3 aromatic carbocycles. The molecule has 3 aromatic rings. The molecule has 3 rings (SSSR count). The van der Waals surface area contributed by atoms with E-state index in [1.54, 1.807) is 0 Å². The molecular formula is C17H16S. The van der Waals surface area contributed by atoms with E-state index in [9.17, 15) is 0 Å². The first kappa shape index (κ1) is 11.6. The van der Waals surface area contributed by atoms with Gasteiger partial charge < -0.3 is 0 Å². The van der Waals surface area contributed by atoms with Gasteiger partial charge in [0.05, 0.1) is 0 Å². The highest BCUT2D eigenvalue weighted by Crippen LogP contribution is 2.37. The lowest BCUT2D eigenvalue weighted by atomic mass is 10.0. The lowest BCUT2D eigenvalue weighted by Gasteiger charge is -2.12. The highest BCUT2D eigenvalue weighted by molar-refractivity contribution is 8.00. The molecular weight excluding hydrogens is 236 g/mol. The van der Waals surface area contributed by atoms with Gasteiger partial charge in [-0.25, -0.2) is 0 Å². The molecule has 90 valence electrons. The summed E-state index contributed by atoms with van der Waals surface area (Å²) in [6.45, 7) is 4.50. The van der Waals surface area contributed by atoms with Crippen molar-refractivity contribution >= 4 is 33.3 Å². The SMILES string of the molecule is CC(C)Sc1c2ccccc2cc2ccccc12. The average Bonchev–Trinajstić information content (AvgIpc) is 2.38. The van der Waals surface area contributed by atoms with Crippen LogP contribution < -0.4 is 0 Å². The predicted octanol–water partition coefficient (Wildman–Crippen LogP) is 5.49. The monoisotopic (exact) mass is 252 g/mol. The minimum atomic E-state index is 0.596. The van der Waals surface area contributed by atoms with Gasteiger partial charge in [0.15, 0.2) is 0 Å². The van der Waals surface area contributed by atoms with Crippen LogP contribution in [0.5, 0.6) is 0 Å². The van der Waals surface area contributed by atoms with Crippen LogP contribution in [0.3, 0.4) is 0 Å². The van der Waals surface area contributed by atoms with Crippen LogP contribution in [0.25, 0.3) is 21.5 Å². The Balaban J connectivity index is 2.41. The van der Waals surface area contributed by atoms with Gasteiger partial charge in [0, 0.05) is 10.1 Å². The van der Waals surface area contributed by atoms with Crippen molar-refractivity contribution in [3.05, 3.63) is 54.6 Å². The molecule has 0 spiro atoms. The molecule has 0 radical (unpaired) electrons. The van der Waals surface area contributed by atoms with E-state index in [0.29, 0.717) is 5.25 Å². The molecule has 0 aliphatic carbocycles. The van der Waals surface area contributed by atoms with Crippen molar-refractivity contribution in [2.75, 3.05) is 0 Å². The number of hydrogen-bond acceptors (Lipinski definition) is 1. The number of benzene rings is 3. The molecule has 0 saturated carbocycles. The van der Waals surface area contributed by atoms with E-state index in [2.05, 4.69) is 68.4 Å². The summed E-state index contributed by atoms with van der Waals surface area (Å²) < 4.78 is 0. The van der Waals surface area contributed by atoms with Gasteiger partial charge in [-0.3, -0.25) is 0 Å². The topological polar surface area (TPSA) is 0 Å². The van der Waals surface area contributed by atoms with Crippen LogP contribution in [0, 0.1) is 0 Å². The van der Waals surface area contributed by atoms with Crippen molar-refractivity contribution in [1.82, 2.24) is 0 Å². The number of thioether (sulfide) groups is 1. The fourth-order valence-electron chi connectivity index (χ4n) is 2.33. The van der Waals surface area contributed by atoms with Gasteiger partial charge in [0.2, 0.25) is 0 Å². The molecule has 18 heavy (non-hydrogen) atoms. The van der Waals surface area contributed by atoms with E-state index in [4.69, 9.17) is 0 Å². The highest BCUT2D eigenvalue weighted by Gasteiger charge is 2.09. The molecule has 1 heteroatoms. The van der Waals surface area contributed by atoms with E-state index in [0.717, 1.165) is 0 Å². The molecule has 0 bridgehead atoms. The van der Waals surface area contributed by atoms with Gasteiger partial charge in [-0.05, 0) is 27.6 Å². The normalized spacial score (nSPS) is 11.5. The zero-order valence-corrected chi connectivity index (χ0v) is 11.5. The zero-order valence-electron chi connectivity index (χ0n) is 10.7. The van der Waals surface area contributed by atoms with Crippen LogP contribution in [0.4, 0.5) is 0 Å². The van der Waals surface area contributed by atoms with Crippen LogP contribution >= 0.6 is 11.8 Å². The molecule has 0 unspecified atom stereocenters. The van der Waals surface area contributed by atoms with Gasteiger partial charge >= 0.3 is 0 Å². The first-order valence-electron chi connectivity index (χ1n) is 6.33. The summed E-state index contributed by atoms with van der Waals surface area (Å²) in [6.07, 6.45) is 0. The number of rotatable bonds is 2. The van der Waals surface area contributed by atoms with Crippen LogP contribution in [0.1, 0.15) is 13.8 Å². The van der Waals surface area contributed by atoms with Crippen molar-refractivity contribution in [2.45, 2.75) is 24.0 Å². The third-order valence-corrected chi connectivity index (χ3v) is 4.22. The second-order valence-electron chi connectivity index (χ2n) is 4.81. The van der Waals surface area contributed by atoms with Crippen molar-refractivity contribution < 1.29 is 0 Å². The third-order valence-electron chi connectivity index (χ3n) is 3.08. The average molecular weight is 252 g/mol. The molecule has 0 nitrogen and oxygen atoms in total. The van der Waals surface area contributed by atoms with Gasteiger partial charge in [-0.2, -0.15) is 0 Å². The van der Waals surface area contributed by atoms with E-state index in [-0.39, 0.29) is 0 Å². The zero-order chi connectivity index (χ0) is 12.5. The largest absolute Gasteiger partial charge is 0.122 e. The molecule has 0 saturated heterocycles. The van der Waals surface area contributed by atoms with Crippen molar-refractivity contribution in [3.8, 4) is 0 Å². The second-order valence-corrected chi connectivity index (χ2v) is 6.40. The Bertz CT molecular complexity index is 644. The Morgan fingerprint density at radius 1 is 0.778 bits per heavy atom. The van der Waals surface area contributed by atoms with Crippen molar-refractivity contribution in [1.29, 1.82) is 0 Å². The van der Waals surface area contributed by atoms with E-state index in [1.165, 1.54) is 26.4 Å². The molecule has 0 fully saturated rings. The maximum absolute atomic E-state index is 2.29. The minimum Gasteiger partial charge on any atom is -0.122 e. The number of fused-ring (bicyclic) bond motifs is 2. The molecule has 0 atom stereocenters. The Morgan fingerprint density at radius 2 is 1.28 bits per heavy atom. The van der Waals surface area contributed by atoms with Gasteiger partial charge in [-0.1, -0.05) is 62.4 Å². The summed E-state index contributed by atoms with van der Waals surface area (Å²) >= 11 is 1.96. The second kappa shape index (κ2) is 4.66.